The van der Waals surface area contributed by atoms with E-state index in [1.165, 1.54) is 11.8 Å². The van der Waals surface area contributed by atoms with Crippen LogP contribution in [0.3, 0.4) is 0 Å². The number of ether oxygens (including phenoxy) is 1. The molecule has 8 heteroatoms. The van der Waals surface area contributed by atoms with Gasteiger partial charge in [0, 0.05) is 13.0 Å². The summed E-state index contributed by atoms with van der Waals surface area (Å²) in [5.41, 5.74) is 1.54. The Morgan fingerprint density at radius 3 is 2.61 bits per heavy atom. The second-order valence-corrected chi connectivity index (χ2v) is 9.03. The second kappa shape index (κ2) is 11.3. The summed E-state index contributed by atoms with van der Waals surface area (Å²) in [6.45, 7) is 0.552. The van der Waals surface area contributed by atoms with Gasteiger partial charge < -0.3 is 10.1 Å². The van der Waals surface area contributed by atoms with E-state index >= 15 is 0 Å². The first-order chi connectivity index (χ1) is 15.0. The van der Waals surface area contributed by atoms with Crippen LogP contribution in [0, 0.1) is 0 Å². The fraction of sp³-hybridized carbons (Fsp3) is 0.261. The topological polar surface area (TPSA) is 58.6 Å². The number of thiocarbonyl (C=S) groups is 1. The van der Waals surface area contributed by atoms with E-state index in [1.54, 1.807) is 24.1 Å². The minimum Gasteiger partial charge on any atom is -0.497 e. The standard InChI is InChI=1S/C23H23ClN2O3S2/c1-29-17-12-10-16(11-13-17)15-20-22(28)26(23(30)31-20)14-6-2-3-9-21(27)25-19-8-5-4-7-18(19)24/h4-5,7-8,10-13,15H,2-3,6,9,14H2,1H3,(H,25,27). The number of nitrogens with zero attached hydrogens (tertiary/aromatic N) is 1. The largest absolute Gasteiger partial charge is 0.497 e. The van der Waals surface area contributed by atoms with Crippen molar-refractivity contribution >= 4 is 63.5 Å². The molecule has 0 radical (unpaired) electrons. The van der Waals surface area contributed by atoms with Gasteiger partial charge in [-0.15, -0.1) is 0 Å². The first kappa shape index (κ1) is 23.3. The van der Waals surface area contributed by atoms with Crippen LogP contribution in [-0.2, 0) is 9.59 Å². The number of unbranched alkanes of at least 4 members (excludes halogenated alkanes) is 2. The fourth-order valence-corrected chi connectivity index (χ4v) is 4.54. The minimum atomic E-state index is -0.0684. The smallest absolute Gasteiger partial charge is 0.266 e. The van der Waals surface area contributed by atoms with Crippen LogP contribution in [-0.4, -0.2) is 34.7 Å². The van der Waals surface area contributed by atoms with E-state index in [2.05, 4.69) is 5.32 Å². The Kier molecular flexibility index (Phi) is 8.51. The molecule has 31 heavy (non-hydrogen) atoms. The highest BCUT2D eigenvalue weighted by molar-refractivity contribution is 8.26. The molecule has 1 fully saturated rings. The van der Waals surface area contributed by atoms with E-state index in [9.17, 15) is 9.59 Å². The van der Waals surface area contributed by atoms with Gasteiger partial charge in [0.2, 0.25) is 5.91 Å². The molecule has 2 amide bonds. The number of amides is 2. The average Bonchev–Trinajstić information content (AvgIpc) is 3.03. The van der Waals surface area contributed by atoms with Crippen LogP contribution >= 0.6 is 35.6 Å². The monoisotopic (exact) mass is 474 g/mol. The van der Waals surface area contributed by atoms with Crippen LogP contribution in [0.25, 0.3) is 6.08 Å². The van der Waals surface area contributed by atoms with E-state index < -0.39 is 0 Å². The Morgan fingerprint density at radius 1 is 1.16 bits per heavy atom. The molecule has 1 aliphatic rings. The summed E-state index contributed by atoms with van der Waals surface area (Å²) in [6, 6.07) is 14.7. The molecule has 0 bridgehead atoms. The Hall–Kier alpha value is -2.35. The van der Waals surface area contributed by atoms with Gasteiger partial charge in [-0.3, -0.25) is 14.5 Å². The zero-order valence-electron chi connectivity index (χ0n) is 17.1. The van der Waals surface area contributed by atoms with Crippen LogP contribution in [0.5, 0.6) is 5.75 Å². The maximum absolute atomic E-state index is 12.7. The van der Waals surface area contributed by atoms with Crippen LogP contribution in [0.15, 0.2) is 53.4 Å². The molecule has 2 aromatic carbocycles. The molecule has 1 heterocycles. The Morgan fingerprint density at radius 2 is 1.90 bits per heavy atom. The molecular formula is C23H23ClN2O3S2. The number of hydrogen-bond donors (Lipinski definition) is 1. The molecule has 0 saturated carbocycles. The van der Waals surface area contributed by atoms with E-state index in [4.69, 9.17) is 28.6 Å². The summed E-state index contributed by atoms with van der Waals surface area (Å²) in [6.07, 6.45) is 4.58. The molecule has 1 aliphatic heterocycles. The summed E-state index contributed by atoms with van der Waals surface area (Å²) >= 11 is 12.8. The Bertz CT molecular complexity index is 993. The van der Waals surface area contributed by atoms with E-state index in [0.717, 1.165) is 30.6 Å². The van der Waals surface area contributed by atoms with Gasteiger partial charge in [0.25, 0.3) is 5.91 Å². The van der Waals surface area contributed by atoms with Crippen molar-refractivity contribution in [3.05, 3.63) is 64.0 Å². The third-order valence-corrected chi connectivity index (χ3v) is 6.43. The SMILES string of the molecule is COc1ccc(C=C2SC(=S)N(CCCCCC(=O)Nc3ccccc3Cl)C2=O)cc1. The van der Waals surface area contributed by atoms with Crippen molar-refractivity contribution in [2.75, 3.05) is 19.0 Å². The third kappa shape index (κ3) is 6.56. The number of carbonyl (C=O) groups excluding carboxylic acids is 2. The number of para-hydroxylation sites is 1. The van der Waals surface area contributed by atoms with Gasteiger partial charge in [-0.05, 0) is 48.7 Å². The van der Waals surface area contributed by atoms with E-state index in [0.29, 0.717) is 32.9 Å². The molecule has 1 N–H and O–H groups in total. The van der Waals surface area contributed by atoms with Crippen molar-refractivity contribution in [1.29, 1.82) is 0 Å². The molecular weight excluding hydrogens is 452 g/mol. The van der Waals surface area contributed by atoms with Gasteiger partial charge in [0.15, 0.2) is 0 Å². The molecule has 0 aromatic heterocycles. The van der Waals surface area contributed by atoms with Gasteiger partial charge in [-0.2, -0.15) is 0 Å². The number of benzene rings is 2. The zero-order chi connectivity index (χ0) is 22.2. The molecule has 0 unspecified atom stereocenters. The quantitative estimate of drug-likeness (QED) is 0.285. The second-order valence-electron chi connectivity index (χ2n) is 6.95. The maximum Gasteiger partial charge on any atom is 0.266 e. The summed E-state index contributed by atoms with van der Waals surface area (Å²) < 4.78 is 5.73. The number of thioether (sulfide) groups is 1. The van der Waals surface area contributed by atoms with Gasteiger partial charge in [-0.25, -0.2) is 0 Å². The molecule has 162 valence electrons. The molecule has 5 nitrogen and oxygen atoms in total. The van der Waals surface area contributed by atoms with E-state index in [1.807, 2.05) is 42.5 Å². The first-order valence-corrected chi connectivity index (χ1v) is 11.5. The van der Waals surface area contributed by atoms with Crippen LogP contribution < -0.4 is 10.1 Å². The van der Waals surface area contributed by atoms with Crippen molar-refractivity contribution < 1.29 is 14.3 Å². The number of methoxy groups -OCH3 is 1. The highest BCUT2D eigenvalue weighted by Crippen LogP contribution is 2.33. The number of halogens is 1. The lowest BCUT2D eigenvalue weighted by atomic mass is 10.1. The summed E-state index contributed by atoms with van der Waals surface area (Å²) in [5.74, 6) is 0.633. The lowest BCUT2D eigenvalue weighted by Crippen LogP contribution is -2.29. The molecule has 1 saturated heterocycles. The Labute approximate surface area is 196 Å². The van der Waals surface area contributed by atoms with Crippen molar-refractivity contribution in [3.63, 3.8) is 0 Å². The fourth-order valence-electron chi connectivity index (χ4n) is 3.05. The van der Waals surface area contributed by atoms with Crippen molar-refractivity contribution in [3.8, 4) is 5.75 Å². The summed E-state index contributed by atoms with van der Waals surface area (Å²) in [4.78, 5) is 27.0. The number of carbonyl (C=O) groups is 2. The Balaban J connectivity index is 1.42. The number of nitrogens with one attached hydrogen (secondary N) is 1. The van der Waals surface area contributed by atoms with Gasteiger partial charge in [-0.1, -0.05) is 66.3 Å². The normalized spacial score (nSPS) is 14.9. The average molecular weight is 475 g/mol. The number of rotatable bonds is 9. The molecule has 0 aliphatic carbocycles. The highest BCUT2D eigenvalue weighted by atomic mass is 35.5. The van der Waals surface area contributed by atoms with Crippen LogP contribution in [0.4, 0.5) is 5.69 Å². The first-order valence-electron chi connectivity index (χ1n) is 9.92. The minimum absolute atomic E-state index is 0.0673. The van der Waals surface area contributed by atoms with Gasteiger partial charge in [0.05, 0.1) is 22.7 Å². The third-order valence-electron chi connectivity index (χ3n) is 4.72. The lowest BCUT2D eigenvalue weighted by Gasteiger charge is -2.14. The lowest BCUT2D eigenvalue weighted by molar-refractivity contribution is -0.122. The van der Waals surface area contributed by atoms with Gasteiger partial charge in [0.1, 0.15) is 10.1 Å². The molecule has 2 aromatic rings. The number of anilines is 1. The zero-order valence-corrected chi connectivity index (χ0v) is 19.5. The van der Waals surface area contributed by atoms with Crippen LogP contribution in [0.1, 0.15) is 31.2 Å². The predicted octanol–water partition coefficient (Wildman–Crippen LogP) is 5.75. The molecule has 0 spiro atoms. The van der Waals surface area contributed by atoms with Crippen LogP contribution in [0.2, 0.25) is 5.02 Å². The van der Waals surface area contributed by atoms with Crippen molar-refractivity contribution in [2.24, 2.45) is 0 Å². The molecule has 3 rings (SSSR count). The van der Waals surface area contributed by atoms with Crippen molar-refractivity contribution in [2.45, 2.75) is 25.7 Å². The number of hydrogen-bond acceptors (Lipinski definition) is 5. The highest BCUT2D eigenvalue weighted by Gasteiger charge is 2.31. The summed E-state index contributed by atoms with van der Waals surface area (Å²) in [7, 11) is 1.62. The van der Waals surface area contributed by atoms with E-state index in [-0.39, 0.29) is 11.8 Å². The molecule has 0 atom stereocenters. The van der Waals surface area contributed by atoms with Gasteiger partial charge >= 0.3 is 0 Å². The maximum atomic E-state index is 12.7. The van der Waals surface area contributed by atoms with Crippen molar-refractivity contribution in [1.82, 2.24) is 4.90 Å². The predicted molar refractivity (Wildman–Crippen MR) is 131 cm³/mol. The summed E-state index contributed by atoms with van der Waals surface area (Å²) in [5, 5.41) is 3.34.